The summed E-state index contributed by atoms with van der Waals surface area (Å²) < 4.78 is 1.95. The minimum absolute atomic E-state index is 0.0514. The van der Waals surface area contributed by atoms with E-state index in [-0.39, 0.29) is 11.7 Å². The number of amides is 1. The van der Waals surface area contributed by atoms with Gasteiger partial charge < -0.3 is 5.32 Å². The molecular formula is C23H20ClN5OS. The molecule has 0 fully saturated rings. The molecule has 0 aliphatic rings. The van der Waals surface area contributed by atoms with Crippen LogP contribution in [0.2, 0.25) is 5.02 Å². The lowest BCUT2D eigenvalue weighted by Crippen LogP contribution is -2.27. The molecule has 0 radical (unpaired) electrons. The average molecular weight is 450 g/mol. The highest BCUT2D eigenvalue weighted by Crippen LogP contribution is 2.27. The summed E-state index contributed by atoms with van der Waals surface area (Å²) in [6, 6.07) is 21.3. The molecule has 2 aromatic carbocycles. The molecule has 0 aliphatic carbocycles. The number of benzene rings is 2. The first-order valence-corrected chi connectivity index (χ1v) is 11.1. The van der Waals surface area contributed by atoms with Crippen LogP contribution in [0.3, 0.4) is 0 Å². The average Bonchev–Trinajstić information content (AvgIpc) is 3.24. The second-order valence-electron chi connectivity index (χ2n) is 6.73. The number of carbonyl (C=O) groups is 1. The Kier molecular flexibility index (Phi) is 6.96. The fraction of sp³-hybridized carbons (Fsp3) is 0.130. The number of thioether (sulfide) groups is 1. The molecule has 0 bridgehead atoms. The van der Waals surface area contributed by atoms with Gasteiger partial charge in [-0.15, -0.1) is 10.2 Å². The Morgan fingerprint density at radius 3 is 2.55 bits per heavy atom. The summed E-state index contributed by atoms with van der Waals surface area (Å²) in [5.41, 5.74) is 2.91. The van der Waals surface area contributed by atoms with Crippen molar-refractivity contribution in [3.63, 3.8) is 0 Å². The molecule has 156 valence electrons. The molecule has 31 heavy (non-hydrogen) atoms. The summed E-state index contributed by atoms with van der Waals surface area (Å²) in [4.78, 5) is 16.5. The maximum atomic E-state index is 12.4. The highest BCUT2D eigenvalue weighted by Gasteiger charge is 2.17. The molecule has 0 atom stereocenters. The number of nitrogens with one attached hydrogen (secondary N) is 1. The van der Waals surface area contributed by atoms with Crippen LogP contribution < -0.4 is 5.32 Å². The largest absolute Gasteiger partial charge is 0.355 e. The maximum absolute atomic E-state index is 12.4. The van der Waals surface area contributed by atoms with Gasteiger partial charge in [0.25, 0.3) is 0 Å². The predicted molar refractivity (Wildman–Crippen MR) is 123 cm³/mol. The molecular weight excluding hydrogens is 430 g/mol. The normalized spacial score (nSPS) is 10.7. The molecule has 4 aromatic rings. The summed E-state index contributed by atoms with van der Waals surface area (Å²) >= 11 is 7.26. The molecule has 2 heterocycles. The van der Waals surface area contributed by atoms with Crippen LogP contribution in [0.5, 0.6) is 0 Å². The monoisotopic (exact) mass is 449 g/mol. The van der Waals surface area contributed by atoms with Crippen molar-refractivity contribution < 1.29 is 4.79 Å². The second kappa shape index (κ2) is 10.2. The number of carbonyl (C=O) groups excluding carboxylic acids is 1. The highest BCUT2D eigenvalue weighted by molar-refractivity contribution is 7.99. The third kappa shape index (κ3) is 5.51. The SMILES string of the molecule is O=C(CSc1nnc(-c2cccnc2)n1-c1ccccc1)NCCc1ccc(Cl)cc1. The Morgan fingerprint density at radius 1 is 1.00 bits per heavy atom. The van der Waals surface area contributed by atoms with Gasteiger partial charge in [-0.3, -0.25) is 14.3 Å². The van der Waals surface area contributed by atoms with Gasteiger partial charge in [-0.2, -0.15) is 0 Å². The van der Waals surface area contributed by atoms with Gasteiger partial charge in [-0.1, -0.05) is 53.7 Å². The van der Waals surface area contributed by atoms with E-state index in [1.165, 1.54) is 11.8 Å². The van der Waals surface area contributed by atoms with Gasteiger partial charge >= 0.3 is 0 Å². The lowest BCUT2D eigenvalue weighted by Gasteiger charge is -2.10. The number of halogens is 1. The lowest BCUT2D eigenvalue weighted by atomic mass is 10.1. The third-order valence-electron chi connectivity index (χ3n) is 4.55. The van der Waals surface area contributed by atoms with Crippen LogP contribution in [-0.2, 0) is 11.2 Å². The number of pyridine rings is 1. The van der Waals surface area contributed by atoms with E-state index in [4.69, 9.17) is 11.6 Å². The van der Waals surface area contributed by atoms with Crippen LogP contribution in [0.25, 0.3) is 17.1 Å². The standard InChI is InChI=1S/C23H20ClN5OS/c24-19-10-8-17(9-11-19)12-14-26-21(30)16-31-23-28-27-22(18-5-4-13-25-15-18)29(23)20-6-2-1-3-7-20/h1-11,13,15H,12,14,16H2,(H,26,30). The smallest absolute Gasteiger partial charge is 0.230 e. The first-order chi connectivity index (χ1) is 15.2. The van der Waals surface area contributed by atoms with Crippen molar-refractivity contribution in [3.8, 4) is 17.1 Å². The molecule has 0 unspecified atom stereocenters. The summed E-state index contributed by atoms with van der Waals surface area (Å²) in [6.07, 6.45) is 4.22. The summed E-state index contributed by atoms with van der Waals surface area (Å²) in [5, 5.41) is 13.0. The molecule has 0 saturated carbocycles. The number of para-hydroxylation sites is 1. The fourth-order valence-corrected chi connectivity index (χ4v) is 3.94. The maximum Gasteiger partial charge on any atom is 0.230 e. The molecule has 0 aliphatic heterocycles. The molecule has 8 heteroatoms. The zero-order valence-electron chi connectivity index (χ0n) is 16.6. The molecule has 1 amide bonds. The second-order valence-corrected chi connectivity index (χ2v) is 8.11. The first-order valence-electron chi connectivity index (χ1n) is 9.76. The van der Waals surface area contributed by atoms with Crippen LogP contribution in [0.1, 0.15) is 5.56 Å². The van der Waals surface area contributed by atoms with Crippen molar-refractivity contribution in [2.24, 2.45) is 0 Å². The van der Waals surface area contributed by atoms with Gasteiger partial charge in [0.2, 0.25) is 5.91 Å². The molecule has 0 spiro atoms. The first kappa shape index (κ1) is 21.1. The Morgan fingerprint density at radius 2 is 1.81 bits per heavy atom. The van der Waals surface area contributed by atoms with Crippen LogP contribution in [0.4, 0.5) is 0 Å². The van der Waals surface area contributed by atoms with Gasteiger partial charge in [0.1, 0.15) is 0 Å². The molecule has 1 N–H and O–H groups in total. The Bertz CT molecular complexity index is 1130. The minimum atomic E-state index is -0.0514. The van der Waals surface area contributed by atoms with E-state index in [9.17, 15) is 4.79 Å². The van der Waals surface area contributed by atoms with Crippen LogP contribution >= 0.6 is 23.4 Å². The van der Waals surface area contributed by atoms with Crippen LogP contribution in [0.15, 0.2) is 84.3 Å². The van der Waals surface area contributed by atoms with Gasteiger partial charge in [0, 0.05) is 35.2 Å². The molecule has 2 aromatic heterocycles. The van der Waals surface area contributed by atoms with E-state index in [1.807, 2.05) is 71.3 Å². The van der Waals surface area contributed by atoms with E-state index < -0.39 is 0 Å². The predicted octanol–water partition coefficient (Wildman–Crippen LogP) is 4.43. The van der Waals surface area contributed by atoms with Gasteiger partial charge in [0.15, 0.2) is 11.0 Å². The number of rotatable bonds is 8. The molecule has 4 rings (SSSR count). The van der Waals surface area contributed by atoms with E-state index in [0.29, 0.717) is 22.5 Å². The molecule has 6 nitrogen and oxygen atoms in total. The minimum Gasteiger partial charge on any atom is -0.355 e. The number of aromatic nitrogens is 4. The third-order valence-corrected chi connectivity index (χ3v) is 5.73. The number of hydrogen-bond donors (Lipinski definition) is 1. The van der Waals surface area contributed by atoms with Gasteiger partial charge in [-0.05, 0) is 48.4 Å². The van der Waals surface area contributed by atoms with Gasteiger partial charge in [0.05, 0.1) is 5.75 Å². The van der Waals surface area contributed by atoms with Crippen LogP contribution in [-0.4, -0.2) is 38.0 Å². The summed E-state index contributed by atoms with van der Waals surface area (Å²) in [6.45, 7) is 0.563. The highest BCUT2D eigenvalue weighted by atomic mass is 35.5. The quantitative estimate of drug-likeness (QED) is 0.403. The van der Waals surface area contributed by atoms with Crippen LogP contribution in [0, 0.1) is 0 Å². The van der Waals surface area contributed by atoms with E-state index in [2.05, 4.69) is 20.5 Å². The Balaban J connectivity index is 1.43. The van der Waals surface area contributed by atoms with Crippen molar-refractivity contribution in [1.82, 2.24) is 25.1 Å². The van der Waals surface area contributed by atoms with Gasteiger partial charge in [-0.25, -0.2) is 0 Å². The fourth-order valence-electron chi connectivity index (χ4n) is 3.03. The Hall–Kier alpha value is -3.16. The van der Waals surface area contributed by atoms with Crippen molar-refractivity contribution >= 4 is 29.3 Å². The lowest BCUT2D eigenvalue weighted by molar-refractivity contribution is -0.118. The van der Waals surface area contributed by atoms with Crippen molar-refractivity contribution in [1.29, 1.82) is 0 Å². The van der Waals surface area contributed by atoms with Crippen molar-refractivity contribution in [2.75, 3.05) is 12.3 Å². The topological polar surface area (TPSA) is 72.7 Å². The van der Waals surface area contributed by atoms with E-state index >= 15 is 0 Å². The zero-order chi connectivity index (χ0) is 21.5. The van der Waals surface area contributed by atoms with E-state index in [0.717, 1.165) is 23.2 Å². The number of hydrogen-bond acceptors (Lipinski definition) is 5. The summed E-state index contributed by atoms with van der Waals surface area (Å²) in [5.74, 6) is 0.882. The molecule has 0 saturated heterocycles. The van der Waals surface area contributed by atoms with E-state index in [1.54, 1.807) is 12.4 Å². The number of nitrogens with zero attached hydrogens (tertiary/aromatic N) is 4. The van der Waals surface area contributed by atoms with Crippen molar-refractivity contribution in [2.45, 2.75) is 11.6 Å². The Labute approximate surface area is 189 Å². The van der Waals surface area contributed by atoms with Crippen molar-refractivity contribution in [3.05, 3.63) is 89.7 Å². The summed E-state index contributed by atoms with van der Waals surface area (Å²) in [7, 11) is 0. The zero-order valence-corrected chi connectivity index (χ0v) is 18.2.